The Morgan fingerprint density at radius 2 is 2.08 bits per heavy atom. The number of ether oxygens (including phenoxy) is 1. The number of aryl methyl sites for hydroxylation is 1. The number of fused-ring (bicyclic) bond motifs is 2. The van der Waals surface area contributed by atoms with Crippen LogP contribution in [-0.4, -0.2) is 34.2 Å². The van der Waals surface area contributed by atoms with Crippen LogP contribution in [0.4, 0.5) is 0 Å². The molecule has 8 heteroatoms. The van der Waals surface area contributed by atoms with Gasteiger partial charge in [-0.25, -0.2) is 17.4 Å². The van der Waals surface area contributed by atoms with Gasteiger partial charge in [-0.3, -0.25) is 0 Å². The Kier molecular flexibility index (Phi) is 5.86. The summed E-state index contributed by atoms with van der Waals surface area (Å²) in [5.74, 6) is 0.586. The van der Waals surface area contributed by atoms with Crippen LogP contribution in [0.3, 0.4) is 0 Å². The van der Waals surface area contributed by atoms with Crippen molar-refractivity contribution in [2.45, 2.75) is 44.5 Å². The van der Waals surface area contributed by atoms with Crippen LogP contribution in [-0.2, 0) is 14.8 Å². The zero-order valence-corrected chi connectivity index (χ0v) is 21.6. The summed E-state index contributed by atoms with van der Waals surface area (Å²) in [4.78, 5) is 7.97. The van der Waals surface area contributed by atoms with E-state index in [-0.39, 0.29) is 0 Å². The van der Waals surface area contributed by atoms with Gasteiger partial charge in [0.2, 0.25) is 10.0 Å². The van der Waals surface area contributed by atoms with E-state index in [0.717, 1.165) is 39.5 Å². The van der Waals surface area contributed by atoms with Gasteiger partial charge in [-0.2, -0.15) is 5.26 Å². The number of allylic oxidation sites excluding steroid dienone is 3. The van der Waals surface area contributed by atoms with Gasteiger partial charge >= 0.3 is 0 Å². The molecular formula is C28H28N4O3S. The molecule has 2 aromatic heterocycles. The maximum absolute atomic E-state index is 14.0. The van der Waals surface area contributed by atoms with Gasteiger partial charge < -0.3 is 9.72 Å². The Morgan fingerprint density at radius 3 is 2.81 bits per heavy atom. The minimum absolute atomic E-state index is 0.418. The molecule has 184 valence electrons. The first-order valence-corrected chi connectivity index (χ1v) is 13.3. The minimum Gasteiger partial charge on any atom is -0.369 e. The number of hydrogen-bond acceptors (Lipinski definition) is 5. The number of imidazole rings is 1. The number of nitrogens with zero attached hydrogens (tertiary/aromatic N) is 3. The van der Waals surface area contributed by atoms with E-state index in [1.54, 1.807) is 38.4 Å². The molecule has 2 atom stereocenters. The Bertz CT molecular complexity index is 1700. The molecule has 36 heavy (non-hydrogen) atoms. The van der Waals surface area contributed by atoms with Crippen LogP contribution in [0.1, 0.15) is 55.3 Å². The summed E-state index contributed by atoms with van der Waals surface area (Å²) < 4.78 is 34.3. The molecule has 0 saturated heterocycles. The normalized spacial score (nSPS) is 18.9. The first kappa shape index (κ1) is 24.0. The summed E-state index contributed by atoms with van der Waals surface area (Å²) in [5.41, 5.74) is 5.33. The first-order valence-electron chi connectivity index (χ1n) is 11.9. The Hall–Kier alpha value is -3.67. The van der Waals surface area contributed by atoms with Gasteiger partial charge in [0.05, 0.1) is 28.2 Å². The average molecular weight is 501 g/mol. The lowest BCUT2D eigenvalue weighted by atomic mass is 9.96. The second-order valence-corrected chi connectivity index (χ2v) is 11.7. The van der Waals surface area contributed by atoms with Gasteiger partial charge in [0.15, 0.2) is 0 Å². The third-order valence-corrected chi connectivity index (χ3v) is 9.33. The molecule has 2 heterocycles. The maximum atomic E-state index is 14.0. The molecule has 0 spiro atoms. The molecule has 1 aliphatic carbocycles. The van der Waals surface area contributed by atoms with Gasteiger partial charge in [-0.1, -0.05) is 42.9 Å². The highest BCUT2D eigenvalue weighted by Crippen LogP contribution is 2.38. The zero-order valence-electron chi connectivity index (χ0n) is 20.7. The van der Waals surface area contributed by atoms with Gasteiger partial charge in [0.25, 0.3) is 0 Å². The van der Waals surface area contributed by atoms with Crippen molar-refractivity contribution in [2.75, 3.05) is 7.11 Å². The van der Waals surface area contributed by atoms with Crippen molar-refractivity contribution in [1.82, 2.24) is 13.9 Å². The van der Waals surface area contributed by atoms with Crippen molar-refractivity contribution in [2.24, 2.45) is 0 Å². The van der Waals surface area contributed by atoms with Crippen molar-refractivity contribution >= 4 is 32.0 Å². The summed E-state index contributed by atoms with van der Waals surface area (Å²) in [6, 6.07) is 13.1. The van der Waals surface area contributed by atoms with Crippen LogP contribution < -0.4 is 0 Å². The van der Waals surface area contributed by atoms with Crippen LogP contribution >= 0.6 is 0 Å². The fourth-order valence-electron chi connectivity index (χ4n) is 5.02. The molecule has 4 aromatic rings. The average Bonchev–Trinajstić information content (AvgIpc) is 3.51. The van der Waals surface area contributed by atoms with E-state index in [9.17, 15) is 13.7 Å². The second kappa shape index (κ2) is 8.77. The van der Waals surface area contributed by atoms with Gasteiger partial charge in [-0.05, 0) is 62.1 Å². The zero-order chi connectivity index (χ0) is 25.7. The molecule has 0 bridgehead atoms. The number of benzene rings is 2. The van der Waals surface area contributed by atoms with Crippen molar-refractivity contribution in [3.63, 3.8) is 0 Å². The number of nitrogens with one attached hydrogen (secondary N) is 1. The molecule has 0 aliphatic heterocycles. The van der Waals surface area contributed by atoms with E-state index in [1.165, 1.54) is 3.97 Å². The molecule has 5 rings (SSSR count). The number of aromatic nitrogens is 3. The van der Waals surface area contributed by atoms with Gasteiger partial charge in [0, 0.05) is 18.7 Å². The van der Waals surface area contributed by atoms with Crippen LogP contribution in [0.15, 0.2) is 66.4 Å². The first-order chi connectivity index (χ1) is 17.2. The molecule has 0 radical (unpaired) electrons. The topological polar surface area (TPSA) is 101 Å². The lowest BCUT2D eigenvalue weighted by molar-refractivity contribution is 0.131. The fourth-order valence-corrected chi connectivity index (χ4v) is 6.78. The Labute approximate surface area is 210 Å². The molecular weight excluding hydrogens is 472 g/mol. The summed E-state index contributed by atoms with van der Waals surface area (Å²) in [5, 5.41) is 10.0. The molecule has 0 amide bonds. The highest BCUT2D eigenvalue weighted by Gasteiger charge is 2.40. The van der Waals surface area contributed by atoms with E-state index in [0.29, 0.717) is 23.3 Å². The summed E-state index contributed by atoms with van der Waals surface area (Å²) >= 11 is 0. The molecule has 0 fully saturated rings. The molecule has 1 N–H and O–H groups in total. The number of hydrogen-bond donors (Lipinski definition) is 1. The largest absolute Gasteiger partial charge is 0.369 e. The van der Waals surface area contributed by atoms with Crippen molar-refractivity contribution in [3.05, 3.63) is 88.9 Å². The highest BCUT2D eigenvalue weighted by molar-refractivity contribution is 7.91. The lowest BCUT2D eigenvalue weighted by Gasteiger charge is -2.29. The summed E-state index contributed by atoms with van der Waals surface area (Å²) in [6.45, 7) is 5.73. The number of nitriles is 1. The Balaban J connectivity index is 1.65. The molecule has 1 aliphatic rings. The van der Waals surface area contributed by atoms with Gasteiger partial charge in [0.1, 0.15) is 16.7 Å². The number of rotatable bonds is 6. The van der Waals surface area contributed by atoms with Crippen LogP contribution in [0, 0.1) is 18.3 Å². The standard InChI is InChI=1S/C28H28N4O3S/c1-5-19-7-6-13-28(3,16-19)36(33,34)32-14-12-21-22(10-8-18(2)25(21)32)26(35-4)27-30-23-11-9-20(17-29)15-24(23)31-27/h6-12,14-16,26H,5,13H2,1-4H3,(H,30,31). The second-order valence-electron chi connectivity index (χ2n) is 9.42. The van der Waals surface area contributed by atoms with E-state index >= 15 is 0 Å². The minimum atomic E-state index is -3.76. The van der Waals surface area contributed by atoms with E-state index < -0.39 is 20.9 Å². The number of methoxy groups -OCH3 is 1. The monoisotopic (exact) mass is 500 g/mol. The van der Waals surface area contributed by atoms with Crippen molar-refractivity contribution in [3.8, 4) is 6.07 Å². The predicted molar refractivity (Wildman–Crippen MR) is 141 cm³/mol. The van der Waals surface area contributed by atoms with E-state index in [4.69, 9.17) is 9.72 Å². The summed E-state index contributed by atoms with van der Waals surface area (Å²) in [7, 11) is -2.16. The van der Waals surface area contributed by atoms with Crippen LogP contribution in [0.5, 0.6) is 0 Å². The SMILES string of the molecule is CCC1=CC(C)(S(=O)(=O)n2ccc3c(C(OC)c4nc5ccc(C#N)cc5[nH]4)ccc(C)c32)CC=C1. The smallest absolute Gasteiger partial charge is 0.248 e. The number of aromatic amines is 1. The molecule has 0 saturated carbocycles. The molecule has 7 nitrogen and oxygen atoms in total. The lowest BCUT2D eigenvalue weighted by Crippen LogP contribution is -2.38. The highest BCUT2D eigenvalue weighted by atomic mass is 32.2. The number of H-pyrrole nitrogens is 1. The van der Waals surface area contributed by atoms with Crippen LogP contribution in [0.25, 0.3) is 21.9 Å². The van der Waals surface area contributed by atoms with Crippen molar-refractivity contribution in [1.29, 1.82) is 5.26 Å². The van der Waals surface area contributed by atoms with Gasteiger partial charge in [-0.15, -0.1) is 0 Å². The van der Waals surface area contributed by atoms with E-state index in [2.05, 4.69) is 11.1 Å². The molecule has 2 aromatic carbocycles. The predicted octanol–water partition coefficient (Wildman–Crippen LogP) is 5.67. The Morgan fingerprint density at radius 1 is 1.28 bits per heavy atom. The maximum Gasteiger partial charge on any atom is 0.248 e. The molecule has 2 unspecified atom stereocenters. The summed E-state index contributed by atoms with van der Waals surface area (Å²) in [6.07, 6.45) is 8.12. The van der Waals surface area contributed by atoms with Crippen LogP contribution in [0.2, 0.25) is 0 Å². The quantitative estimate of drug-likeness (QED) is 0.368. The van der Waals surface area contributed by atoms with Crippen molar-refractivity contribution < 1.29 is 13.2 Å². The third-order valence-electron chi connectivity index (χ3n) is 7.05. The third kappa shape index (κ3) is 3.67. The van der Waals surface area contributed by atoms with E-state index in [1.807, 2.05) is 50.3 Å². The fraction of sp³-hybridized carbons (Fsp3) is 0.286.